The molecule has 0 aromatic heterocycles. The molecule has 0 amide bonds. The van der Waals surface area contributed by atoms with Crippen LogP contribution in [0.2, 0.25) is 0 Å². The third-order valence-electron chi connectivity index (χ3n) is 2.49. The largest absolute Gasteiger partial charge is 0.377 e. The van der Waals surface area contributed by atoms with Gasteiger partial charge in [0.25, 0.3) is 0 Å². The topological polar surface area (TPSA) is 72.2 Å². The molecule has 6 heteroatoms. The lowest BCUT2D eigenvalue weighted by Gasteiger charge is -2.17. The fraction of sp³-hybridized carbons (Fsp3) is 1.00. The molecule has 1 fully saturated rings. The molecule has 0 bridgehead atoms. The number of rotatable bonds is 2. The Balaban J connectivity index is 2.20. The molecule has 1 rings (SSSR count). The number of ether oxygens (including phenoxy) is 5. The molecule has 0 aliphatic carbocycles. The molecule has 0 spiro atoms. The number of nitrogens with two attached hydrogens (primary N) is 1. The van der Waals surface area contributed by atoms with Crippen molar-refractivity contribution in [3.05, 3.63) is 0 Å². The van der Waals surface area contributed by atoms with E-state index in [9.17, 15) is 0 Å². The Hall–Kier alpha value is -0.240. The number of hydrogen-bond acceptors (Lipinski definition) is 6. The van der Waals surface area contributed by atoms with Crippen molar-refractivity contribution in [2.75, 3.05) is 66.0 Å². The summed E-state index contributed by atoms with van der Waals surface area (Å²) in [6, 6.07) is 0. The van der Waals surface area contributed by atoms with Crippen LogP contribution in [-0.2, 0) is 23.7 Å². The molecule has 6 nitrogen and oxygen atoms in total. The zero-order valence-electron chi connectivity index (χ0n) is 11.0. The maximum absolute atomic E-state index is 5.65. The Kier molecular flexibility index (Phi) is 10.4. The summed E-state index contributed by atoms with van der Waals surface area (Å²) in [4.78, 5) is 0. The summed E-state index contributed by atoms with van der Waals surface area (Å²) >= 11 is 0. The van der Waals surface area contributed by atoms with Crippen molar-refractivity contribution in [1.29, 1.82) is 0 Å². The Morgan fingerprint density at radius 3 is 1.78 bits per heavy atom. The predicted octanol–water partition coefficient (Wildman–Crippen LogP) is -0.200. The minimum atomic E-state index is 0.0416. The van der Waals surface area contributed by atoms with Gasteiger partial charge in [0.1, 0.15) is 0 Å². The molecule has 1 atom stereocenters. The van der Waals surface area contributed by atoms with Gasteiger partial charge in [0.05, 0.1) is 65.6 Å². The molecular weight excluding hydrogens is 238 g/mol. The van der Waals surface area contributed by atoms with Gasteiger partial charge in [-0.2, -0.15) is 0 Å². The fourth-order valence-corrected chi connectivity index (χ4v) is 1.55. The van der Waals surface area contributed by atoms with Gasteiger partial charge < -0.3 is 29.4 Å². The highest BCUT2D eigenvalue weighted by atomic mass is 16.6. The molecule has 1 aliphatic rings. The van der Waals surface area contributed by atoms with Gasteiger partial charge >= 0.3 is 0 Å². The van der Waals surface area contributed by atoms with Crippen LogP contribution in [0.15, 0.2) is 0 Å². The van der Waals surface area contributed by atoms with Gasteiger partial charge in [-0.3, -0.25) is 0 Å². The van der Waals surface area contributed by atoms with E-state index < -0.39 is 0 Å². The van der Waals surface area contributed by atoms with Gasteiger partial charge in [0.2, 0.25) is 0 Å². The van der Waals surface area contributed by atoms with Crippen LogP contribution in [0.4, 0.5) is 0 Å². The molecule has 1 saturated heterocycles. The maximum Gasteiger partial charge on any atom is 0.0821 e. The summed E-state index contributed by atoms with van der Waals surface area (Å²) in [6.45, 7) is 5.78. The first-order valence-electron chi connectivity index (χ1n) is 6.56. The second-order valence-corrected chi connectivity index (χ2v) is 3.98. The van der Waals surface area contributed by atoms with Crippen molar-refractivity contribution in [3.63, 3.8) is 0 Å². The quantitative estimate of drug-likeness (QED) is 0.744. The summed E-state index contributed by atoms with van der Waals surface area (Å²) in [5.41, 5.74) is 5.53. The van der Waals surface area contributed by atoms with Crippen molar-refractivity contribution in [1.82, 2.24) is 0 Å². The van der Waals surface area contributed by atoms with Gasteiger partial charge in [-0.25, -0.2) is 0 Å². The second kappa shape index (κ2) is 11.8. The molecule has 18 heavy (non-hydrogen) atoms. The van der Waals surface area contributed by atoms with Crippen molar-refractivity contribution in [2.45, 2.75) is 12.5 Å². The first kappa shape index (κ1) is 15.8. The summed E-state index contributed by atoms with van der Waals surface area (Å²) in [5, 5.41) is 0. The SMILES string of the molecule is NCCC1COCCOCCOCCOCCO1. The van der Waals surface area contributed by atoms with Crippen LogP contribution < -0.4 is 5.73 Å². The third-order valence-corrected chi connectivity index (χ3v) is 2.49. The molecule has 1 heterocycles. The van der Waals surface area contributed by atoms with Gasteiger partial charge in [0.15, 0.2) is 0 Å². The lowest BCUT2D eigenvalue weighted by atomic mass is 10.2. The highest BCUT2D eigenvalue weighted by Crippen LogP contribution is 1.99. The standard InChI is InChI=1S/C12H25NO5/c13-2-1-12-11-17-8-7-15-4-3-14-5-6-16-9-10-18-12/h12H,1-11,13H2. The molecule has 2 N–H and O–H groups in total. The molecule has 0 saturated carbocycles. The maximum atomic E-state index is 5.65. The van der Waals surface area contributed by atoms with E-state index in [0.29, 0.717) is 66.0 Å². The van der Waals surface area contributed by atoms with E-state index in [-0.39, 0.29) is 6.10 Å². The first-order chi connectivity index (χ1) is 8.93. The van der Waals surface area contributed by atoms with Crippen molar-refractivity contribution < 1.29 is 23.7 Å². The second-order valence-electron chi connectivity index (χ2n) is 3.98. The Bertz CT molecular complexity index is 166. The van der Waals surface area contributed by atoms with Crippen LogP contribution in [-0.4, -0.2) is 72.1 Å². The number of hydrogen-bond donors (Lipinski definition) is 1. The molecule has 0 aromatic carbocycles. The predicted molar refractivity (Wildman–Crippen MR) is 66.7 cm³/mol. The van der Waals surface area contributed by atoms with Gasteiger partial charge in [-0.15, -0.1) is 0 Å². The molecule has 0 aromatic rings. The summed E-state index contributed by atoms with van der Waals surface area (Å²) < 4.78 is 27.2. The van der Waals surface area contributed by atoms with E-state index in [0.717, 1.165) is 6.42 Å². The van der Waals surface area contributed by atoms with Crippen LogP contribution in [0.5, 0.6) is 0 Å². The third kappa shape index (κ3) is 8.79. The summed E-state index contributed by atoms with van der Waals surface area (Å²) in [5.74, 6) is 0. The first-order valence-corrected chi connectivity index (χ1v) is 6.56. The normalized spacial score (nSPS) is 26.2. The van der Waals surface area contributed by atoms with Crippen LogP contribution in [0.1, 0.15) is 6.42 Å². The van der Waals surface area contributed by atoms with Crippen molar-refractivity contribution in [3.8, 4) is 0 Å². The molecular formula is C12H25NO5. The Morgan fingerprint density at radius 1 is 0.722 bits per heavy atom. The zero-order chi connectivity index (χ0) is 12.9. The van der Waals surface area contributed by atoms with Gasteiger partial charge in [0, 0.05) is 0 Å². The average Bonchev–Trinajstić information content (AvgIpc) is 2.39. The molecule has 1 aliphatic heterocycles. The average molecular weight is 263 g/mol. The minimum absolute atomic E-state index is 0.0416. The van der Waals surface area contributed by atoms with E-state index in [1.165, 1.54) is 0 Å². The van der Waals surface area contributed by atoms with Crippen molar-refractivity contribution in [2.24, 2.45) is 5.73 Å². The zero-order valence-corrected chi connectivity index (χ0v) is 11.0. The fourth-order valence-electron chi connectivity index (χ4n) is 1.55. The monoisotopic (exact) mass is 263 g/mol. The summed E-state index contributed by atoms with van der Waals surface area (Å²) in [6.07, 6.45) is 0.837. The Morgan fingerprint density at radius 2 is 1.22 bits per heavy atom. The van der Waals surface area contributed by atoms with Crippen LogP contribution in [0, 0.1) is 0 Å². The smallest absolute Gasteiger partial charge is 0.0821 e. The van der Waals surface area contributed by atoms with E-state index in [4.69, 9.17) is 29.4 Å². The van der Waals surface area contributed by atoms with E-state index in [1.807, 2.05) is 0 Å². The highest BCUT2D eigenvalue weighted by molar-refractivity contribution is 4.57. The van der Waals surface area contributed by atoms with Crippen LogP contribution in [0.3, 0.4) is 0 Å². The van der Waals surface area contributed by atoms with Crippen LogP contribution >= 0.6 is 0 Å². The van der Waals surface area contributed by atoms with E-state index in [1.54, 1.807) is 0 Å². The molecule has 0 radical (unpaired) electrons. The molecule has 1 unspecified atom stereocenters. The van der Waals surface area contributed by atoms with E-state index in [2.05, 4.69) is 0 Å². The summed E-state index contributed by atoms with van der Waals surface area (Å²) in [7, 11) is 0. The lowest BCUT2D eigenvalue weighted by molar-refractivity contribution is -0.0474. The lowest BCUT2D eigenvalue weighted by Crippen LogP contribution is -2.26. The highest BCUT2D eigenvalue weighted by Gasteiger charge is 2.08. The van der Waals surface area contributed by atoms with Crippen LogP contribution in [0.25, 0.3) is 0 Å². The van der Waals surface area contributed by atoms with E-state index >= 15 is 0 Å². The van der Waals surface area contributed by atoms with Gasteiger partial charge in [-0.1, -0.05) is 0 Å². The minimum Gasteiger partial charge on any atom is -0.377 e. The van der Waals surface area contributed by atoms with Crippen molar-refractivity contribution >= 4 is 0 Å². The van der Waals surface area contributed by atoms with Gasteiger partial charge in [-0.05, 0) is 13.0 Å². The molecule has 108 valence electrons. The Labute approximate surface area is 109 Å².